The Hall–Kier alpha value is -3.28. The van der Waals surface area contributed by atoms with Crippen LogP contribution in [0.5, 0.6) is 0 Å². The molecule has 2 heterocycles. The summed E-state index contributed by atoms with van der Waals surface area (Å²) in [6.07, 6.45) is -4.50. The number of carbonyl (C=O) groups is 2. The van der Waals surface area contributed by atoms with Crippen molar-refractivity contribution in [2.75, 3.05) is 16.4 Å². The molecule has 3 rings (SSSR count). The molecule has 0 aliphatic carbocycles. The van der Waals surface area contributed by atoms with E-state index in [4.69, 9.17) is 4.52 Å². The second-order valence-corrected chi connectivity index (χ2v) is 8.27. The molecule has 1 atom stereocenters. The molecule has 0 spiro atoms. The first-order valence-corrected chi connectivity index (χ1v) is 10.5. The SMILES string of the molecule is Cc1cc(NC(=O)CSC(C)C(=O)Nc2cc(C)on2)n(-c2cccc(C(F)(F)F)c2)n1. The molecular formula is C20H20F3N5O3S. The molecule has 0 radical (unpaired) electrons. The summed E-state index contributed by atoms with van der Waals surface area (Å²) in [6, 6.07) is 7.76. The minimum Gasteiger partial charge on any atom is -0.360 e. The van der Waals surface area contributed by atoms with Gasteiger partial charge in [-0.15, -0.1) is 11.8 Å². The van der Waals surface area contributed by atoms with Gasteiger partial charge in [-0.3, -0.25) is 9.59 Å². The third-order valence-electron chi connectivity index (χ3n) is 4.23. The van der Waals surface area contributed by atoms with Crippen molar-refractivity contribution >= 4 is 35.2 Å². The fourth-order valence-electron chi connectivity index (χ4n) is 2.71. The van der Waals surface area contributed by atoms with E-state index < -0.39 is 22.9 Å². The predicted molar refractivity (Wildman–Crippen MR) is 114 cm³/mol. The molecule has 0 bridgehead atoms. The normalized spacial score (nSPS) is 12.4. The Morgan fingerprint density at radius 1 is 1.19 bits per heavy atom. The van der Waals surface area contributed by atoms with Crippen LogP contribution in [0, 0.1) is 13.8 Å². The summed E-state index contributed by atoms with van der Waals surface area (Å²) in [5.74, 6) is 0.223. The van der Waals surface area contributed by atoms with E-state index in [0.29, 0.717) is 11.5 Å². The largest absolute Gasteiger partial charge is 0.416 e. The second kappa shape index (κ2) is 9.47. The van der Waals surface area contributed by atoms with E-state index in [1.807, 2.05) is 0 Å². The van der Waals surface area contributed by atoms with E-state index in [9.17, 15) is 22.8 Å². The Morgan fingerprint density at radius 2 is 1.94 bits per heavy atom. The van der Waals surface area contributed by atoms with Gasteiger partial charge in [-0.05, 0) is 39.0 Å². The average molecular weight is 467 g/mol. The van der Waals surface area contributed by atoms with Crippen molar-refractivity contribution in [2.24, 2.45) is 0 Å². The van der Waals surface area contributed by atoms with Gasteiger partial charge in [-0.25, -0.2) is 4.68 Å². The van der Waals surface area contributed by atoms with Crippen LogP contribution < -0.4 is 10.6 Å². The first kappa shape index (κ1) is 23.4. The summed E-state index contributed by atoms with van der Waals surface area (Å²) >= 11 is 1.09. The summed E-state index contributed by atoms with van der Waals surface area (Å²) in [5.41, 5.74) is -0.148. The second-order valence-electron chi connectivity index (χ2n) is 6.94. The van der Waals surface area contributed by atoms with E-state index in [2.05, 4.69) is 20.9 Å². The van der Waals surface area contributed by atoms with Gasteiger partial charge < -0.3 is 15.2 Å². The third kappa shape index (κ3) is 5.90. The third-order valence-corrected chi connectivity index (χ3v) is 5.37. The van der Waals surface area contributed by atoms with Crippen LogP contribution >= 0.6 is 11.8 Å². The van der Waals surface area contributed by atoms with E-state index in [1.54, 1.807) is 32.9 Å². The van der Waals surface area contributed by atoms with Gasteiger partial charge >= 0.3 is 6.18 Å². The molecule has 0 saturated heterocycles. The molecule has 2 aromatic heterocycles. The summed E-state index contributed by atoms with van der Waals surface area (Å²) in [6.45, 7) is 4.99. The maximum absolute atomic E-state index is 13.0. The number of nitrogens with one attached hydrogen (secondary N) is 2. The number of rotatable bonds is 7. The quantitative estimate of drug-likeness (QED) is 0.540. The van der Waals surface area contributed by atoms with Gasteiger partial charge in [0.2, 0.25) is 11.8 Å². The summed E-state index contributed by atoms with van der Waals surface area (Å²) in [5, 5.41) is 12.5. The number of halogens is 3. The number of aromatic nitrogens is 3. The molecule has 0 saturated carbocycles. The number of aryl methyl sites for hydroxylation is 2. The van der Waals surface area contributed by atoms with Crippen molar-refractivity contribution in [3.63, 3.8) is 0 Å². The number of alkyl halides is 3. The molecule has 2 amide bonds. The highest BCUT2D eigenvalue weighted by molar-refractivity contribution is 8.01. The first-order chi connectivity index (χ1) is 15.0. The molecule has 32 heavy (non-hydrogen) atoms. The molecule has 170 valence electrons. The van der Waals surface area contributed by atoms with Gasteiger partial charge in [0.25, 0.3) is 0 Å². The van der Waals surface area contributed by atoms with Crippen molar-refractivity contribution in [3.8, 4) is 5.69 Å². The Morgan fingerprint density at radius 3 is 2.59 bits per heavy atom. The van der Waals surface area contributed by atoms with Gasteiger partial charge in [0.1, 0.15) is 11.6 Å². The smallest absolute Gasteiger partial charge is 0.360 e. The highest BCUT2D eigenvalue weighted by Crippen LogP contribution is 2.31. The minimum atomic E-state index is -4.50. The van der Waals surface area contributed by atoms with Crippen molar-refractivity contribution in [3.05, 3.63) is 53.4 Å². The number of anilines is 2. The van der Waals surface area contributed by atoms with Gasteiger partial charge in [0, 0.05) is 12.1 Å². The summed E-state index contributed by atoms with van der Waals surface area (Å²) in [7, 11) is 0. The van der Waals surface area contributed by atoms with E-state index in [1.165, 1.54) is 16.8 Å². The summed E-state index contributed by atoms with van der Waals surface area (Å²) in [4.78, 5) is 24.6. The highest BCUT2D eigenvalue weighted by Gasteiger charge is 2.30. The molecule has 8 nitrogen and oxygen atoms in total. The Labute approximate surface area is 185 Å². The molecule has 0 fully saturated rings. The molecule has 0 aliphatic heterocycles. The minimum absolute atomic E-state index is 0.0563. The summed E-state index contributed by atoms with van der Waals surface area (Å²) < 4.78 is 45.2. The number of hydrogen-bond donors (Lipinski definition) is 2. The number of carbonyl (C=O) groups excluding carboxylic acids is 2. The van der Waals surface area contributed by atoms with E-state index in [0.717, 1.165) is 23.9 Å². The fourth-order valence-corrected chi connectivity index (χ4v) is 3.39. The molecule has 0 aliphatic rings. The Bertz CT molecular complexity index is 1130. The molecule has 12 heteroatoms. The zero-order valence-electron chi connectivity index (χ0n) is 17.4. The number of hydrogen-bond acceptors (Lipinski definition) is 6. The Balaban J connectivity index is 1.63. The van der Waals surface area contributed by atoms with Gasteiger partial charge in [-0.2, -0.15) is 18.3 Å². The van der Waals surface area contributed by atoms with Crippen LogP contribution in [-0.4, -0.2) is 37.8 Å². The standard InChI is InChI=1S/C20H20F3N5O3S/c1-11-7-17(28(26-11)15-6-4-5-14(9-15)20(21,22)23)25-18(29)10-32-13(3)19(30)24-16-8-12(2)31-27-16/h4-9,13H,10H2,1-3H3,(H,25,29)(H,24,27,30). The first-order valence-electron chi connectivity index (χ1n) is 9.43. The molecule has 3 aromatic rings. The topological polar surface area (TPSA) is 102 Å². The van der Waals surface area contributed by atoms with Crippen LogP contribution in [0.15, 0.2) is 40.9 Å². The average Bonchev–Trinajstić information content (AvgIpc) is 3.30. The lowest BCUT2D eigenvalue weighted by atomic mass is 10.2. The number of amides is 2. The fraction of sp³-hybridized carbons (Fsp3) is 0.300. The number of benzene rings is 1. The zero-order valence-corrected chi connectivity index (χ0v) is 18.2. The van der Waals surface area contributed by atoms with Crippen molar-refractivity contribution in [2.45, 2.75) is 32.2 Å². The van der Waals surface area contributed by atoms with Crippen molar-refractivity contribution in [1.82, 2.24) is 14.9 Å². The highest BCUT2D eigenvalue weighted by atomic mass is 32.2. The lowest BCUT2D eigenvalue weighted by molar-refractivity contribution is -0.137. The molecule has 2 N–H and O–H groups in total. The van der Waals surface area contributed by atoms with Crippen LogP contribution in [0.2, 0.25) is 0 Å². The van der Waals surface area contributed by atoms with Crippen LogP contribution in [0.4, 0.5) is 24.8 Å². The lowest BCUT2D eigenvalue weighted by Gasteiger charge is -2.13. The lowest BCUT2D eigenvalue weighted by Crippen LogP contribution is -2.25. The predicted octanol–water partition coefficient (Wildman–Crippen LogP) is 4.19. The molecular weight excluding hydrogens is 447 g/mol. The molecule has 1 aromatic carbocycles. The van der Waals surface area contributed by atoms with E-state index >= 15 is 0 Å². The maximum atomic E-state index is 13.0. The van der Waals surface area contributed by atoms with Crippen molar-refractivity contribution in [1.29, 1.82) is 0 Å². The van der Waals surface area contributed by atoms with Gasteiger partial charge in [0.15, 0.2) is 5.82 Å². The van der Waals surface area contributed by atoms with E-state index in [-0.39, 0.29) is 29.0 Å². The van der Waals surface area contributed by atoms with Crippen LogP contribution in [0.3, 0.4) is 0 Å². The van der Waals surface area contributed by atoms with Gasteiger partial charge in [-0.1, -0.05) is 11.2 Å². The number of nitrogens with zero attached hydrogens (tertiary/aromatic N) is 3. The Kier molecular flexibility index (Phi) is 6.92. The van der Waals surface area contributed by atoms with Gasteiger partial charge in [0.05, 0.1) is 27.9 Å². The maximum Gasteiger partial charge on any atom is 0.416 e. The monoisotopic (exact) mass is 467 g/mol. The molecule has 1 unspecified atom stereocenters. The van der Waals surface area contributed by atoms with Crippen LogP contribution in [-0.2, 0) is 15.8 Å². The zero-order chi connectivity index (χ0) is 23.5. The number of thioether (sulfide) groups is 1. The van der Waals surface area contributed by atoms with Crippen LogP contribution in [0.25, 0.3) is 5.69 Å². The van der Waals surface area contributed by atoms with Crippen LogP contribution in [0.1, 0.15) is 23.9 Å². The van der Waals surface area contributed by atoms with Crippen molar-refractivity contribution < 1.29 is 27.3 Å².